The summed E-state index contributed by atoms with van der Waals surface area (Å²) in [5, 5.41) is 41.6. The Morgan fingerprint density at radius 2 is 0.783 bits per heavy atom. The lowest BCUT2D eigenvalue weighted by atomic mass is 9.93. The first-order chi connectivity index (χ1) is 67.7. The Bertz CT molecular complexity index is 7720. The summed E-state index contributed by atoms with van der Waals surface area (Å²) in [5.74, 6) is -15.9. The number of fused-ring (bicyclic) bond motifs is 15. The SMILES string of the molecule is C=CC(=O)N1CC2C(=O)N(C)c3c(c4cc(Cl)c(-c5c(O)cccc5F)c(F)c4n(-c4c(C#N)ccnc4C(C)C)c3=O)N2CC1C.C=CC(=O)N1CC2C(=O)N(C)c3c(c4cc(F)c(-c5c(O)cccc5F)c(F)c4n(-c4c(C(C)C)cccc4N(C)C)c3=O)N2CC1C.C=CC(=O)N1CC2C(=O)N(C)c3c(c4cc(F)c(-c5c(O)cccc5F)c(F)c4n(-c4c(C(N)=O)cccc4C(C)C)c3=O)N2CC1C. The van der Waals surface area contributed by atoms with Crippen molar-refractivity contribution in [1.82, 2.24) is 33.4 Å². The molecule has 0 spiro atoms. The zero-order chi connectivity index (χ0) is 104. The van der Waals surface area contributed by atoms with Crippen LogP contribution in [-0.4, -0.2) is 201 Å². The minimum absolute atomic E-state index is 0.00356. The highest BCUT2D eigenvalue weighted by Gasteiger charge is 2.52. The Morgan fingerprint density at radius 1 is 0.448 bits per heavy atom. The largest absolute Gasteiger partial charge is 0.507 e. The summed E-state index contributed by atoms with van der Waals surface area (Å²) < 4.78 is 133. The normalized spacial score (nSPS) is 17.5. The van der Waals surface area contributed by atoms with Gasteiger partial charge < -0.3 is 70.1 Å². The van der Waals surface area contributed by atoms with Gasteiger partial charge in [-0.25, -0.2) is 35.1 Å². The molecule has 738 valence electrons. The van der Waals surface area contributed by atoms with Gasteiger partial charge in [-0.3, -0.25) is 66.6 Å². The van der Waals surface area contributed by atoms with Crippen molar-refractivity contribution in [2.45, 2.75) is 116 Å². The first kappa shape index (κ1) is 99.9. The molecule has 5 N–H and O–H groups in total. The van der Waals surface area contributed by atoms with Gasteiger partial charge in [-0.15, -0.1) is 0 Å². The third kappa shape index (κ3) is 16.0. The number of benzene rings is 8. The van der Waals surface area contributed by atoms with Crippen LogP contribution in [0.4, 0.5) is 74.9 Å². The highest BCUT2D eigenvalue weighted by Crippen LogP contribution is 2.53. The predicted molar refractivity (Wildman–Crippen MR) is 530 cm³/mol. The molecule has 29 nitrogen and oxygen atoms in total. The number of para-hydroxylation sites is 2. The van der Waals surface area contributed by atoms with Crippen molar-refractivity contribution in [3.63, 3.8) is 0 Å². The average Bonchev–Trinajstić information content (AvgIpc) is 0.705. The second kappa shape index (κ2) is 37.8. The Kier molecular flexibility index (Phi) is 26.4. The first-order valence-corrected chi connectivity index (χ1v) is 45.9. The van der Waals surface area contributed by atoms with Gasteiger partial charge in [-0.1, -0.05) is 115 Å². The number of carbonyl (C=O) groups excluding carboxylic acids is 7. The van der Waals surface area contributed by atoms with Crippen LogP contribution in [0, 0.1) is 57.9 Å². The van der Waals surface area contributed by atoms with E-state index in [-0.39, 0.29) is 158 Å². The van der Waals surface area contributed by atoms with Gasteiger partial charge in [-0.05, 0) is 141 Å². The number of phenolic OH excluding ortho intramolecular Hbond substituents is 3. The number of piperazine rings is 3. The summed E-state index contributed by atoms with van der Waals surface area (Å²) in [5.41, 5.74) is -0.412. The Morgan fingerprint density at radius 3 is 1.13 bits per heavy atom. The van der Waals surface area contributed by atoms with E-state index < -0.39 is 185 Å². The van der Waals surface area contributed by atoms with Gasteiger partial charge >= 0.3 is 0 Å². The van der Waals surface area contributed by atoms with Crippen molar-refractivity contribution in [1.29, 1.82) is 5.26 Å². The maximum absolute atomic E-state index is 17.4. The topological polar surface area (TPSA) is 341 Å². The molecule has 0 saturated carbocycles. The molecule has 4 aromatic heterocycles. The Hall–Kier alpha value is -16.1. The van der Waals surface area contributed by atoms with Crippen LogP contribution in [0.25, 0.3) is 83.2 Å². The quantitative estimate of drug-likeness (QED) is 0.0580. The number of hydrogen-bond donors (Lipinski definition) is 4. The second-order valence-corrected chi connectivity index (χ2v) is 37.4. The molecule has 143 heavy (non-hydrogen) atoms. The molecular formula is C105H97ClF8N16O13. The molecule has 8 aromatic carbocycles. The number of amides is 7. The minimum atomic E-state index is -1.40. The number of nitrogens with zero attached hydrogens (tertiary/aromatic N) is 15. The van der Waals surface area contributed by atoms with Gasteiger partial charge in [0, 0.05) is 101 Å². The molecule has 18 rings (SSSR count). The minimum Gasteiger partial charge on any atom is -0.507 e. The average molecular weight is 1980 g/mol. The van der Waals surface area contributed by atoms with Crippen molar-refractivity contribution in [2.24, 2.45) is 5.73 Å². The van der Waals surface area contributed by atoms with E-state index in [1.165, 1.54) is 94.3 Å². The molecule has 0 aliphatic carbocycles. The smallest absolute Gasteiger partial charge is 0.281 e. The lowest BCUT2D eigenvalue weighted by Gasteiger charge is -2.50. The third-order valence-electron chi connectivity index (χ3n) is 27.3. The number of likely N-dealkylation sites (N-methyl/N-ethyl adjacent to an activating group) is 3. The Balaban J connectivity index is 0.000000154. The number of hydrogen-bond acceptors (Lipinski definition) is 19. The number of pyridine rings is 4. The number of anilines is 7. The van der Waals surface area contributed by atoms with Gasteiger partial charge in [0.2, 0.25) is 17.7 Å². The van der Waals surface area contributed by atoms with Crippen LogP contribution in [0.5, 0.6) is 17.2 Å². The monoisotopic (exact) mass is 1980 g/mol. The van der Waals surface area contributed by atoms with E-state index in [1.807, 2.05) is 19.9 Å². The molecule has 0 bridgehead atoms. The number of aromatic nitrogens is 4. The van der Waals surface area contributed by atoms with Gasteiger partial charge in [0.05, 0.1) is 126 Å². The summed E-state index contributed by atoms with van der Waals surface area (Å²) in [6.45, 7) is 26.9. The number of phenols is 3. The van der Waals surface area contributed by atoms with E-state index in [4.69, 9.17) is 17.3 Å². The van der Waals surface area contributed by atoms with Crippen LogP contribution in [0.1, 0.15) is 113 Å². The van der Waals surface area contributed by atoms with Crippen molar-refractivity contribution in [2.75, 3.05) is 109 Å². The molecule has 6 atom stereocenters. The van der Waals surface area contributed by atoms with E-state index in [1.54, 1.807) is 106 Å². The number of nitrogens with two attached hydrogens (primary N) is 1. The molecule has 12 aromatic rings. The van der Waals surface area contributed by atoms with Crippen LogP contribution in [0.15, 0.2) is 174 Å². The number of nitriles is 1. The van der Waals surface area contributed by atoms with Crippen LogP contribution in [0.2, 0.25) is 5.02 Å². The second-order valence-electron chi connectivity index (χ2n) is 37.0. The lowest BCUT2D eigenvalue weighted by Crippen LogP contribution is -2.66. The molecule has 10 heterocycles. The highest BCUT2D eigenvalue weighted by atomic mass is 35.5. The molecule has 38 heteroatoms. The van der Waals surface area contributed by atoms with E-state index in [0.717, 1.165) is 79.3 Å². The number of carbonyl (C=O) groups is 7. The molecule has 0 radical (unpaired) electrons. The van der Waals surface area contributed by atoms with E-state index in [9.17, 15) is 68.5 Å². The fourth-order valence-electron chi connectivity index (χ4n) is 20.6. The summed E-state index contributed by atoms with van der Waals surface area (Å²) in [6, 6.07) is 22.2. The van der Waals surface area contributed by atoms with E-state index >= 15 is 35.1 Å². The molecule has 6 unspecified atom stereocenters. The molecule has 3 fully saturated rings. The molecule has 6 aliphatic rings. The zero-order valence-electron chi connectivity index (χ0n) is 80.0. The van der Waals surface area contributed by atoms with Gasteiger partial charge in [-0.2, -0.15) is 5.26 Å². The van der Waals surface area contributed by atoms with Crippen LogP contribution in [0.3, 0.4) is 0 Å². The van der Waals surface area contributed by atoms with E-state index in [2.05, 4.69) is 30.8 Å². The number of primary amides is 1. The highest BCUT2D eigenvalue weighted by molar-refractivity contribution is 6.35. The lowest BCUT2D eigenvalue weighted by molar-refractivity contribution is -0.132. The van der Waals surface area contributed by atoms with E-state index in [0.29, 0.717) is 28.2 Å². The van der Waals surface area contributed by atoms with Gasteiger partial charge in [0.15, 0.2) is 17.5 Å². The Labute approximate surface area is 818 Å². The standard InChI is InChI=1S/C36H36F3N5O4.C35H32F3N5O5.C34H29ClF2N6O4/c1-8-27(46)42-17-25-35(47)41(7)34-33(43(25)16-19(42)4)21-15-23(38)29(28-22(37)12-10-14-26(28)45)30(39)32(21)44(36(34)48)31-20(18(2)3)11-9-13-24(31)40(5)6;1-6-25(45)41-15-23-34(47)40(5)32-31(42(23)14-17(41)4)20-13-22(37)27(26-21(36)11-8-12-24(26)44)28(38)30(20)43(35(32)48)29-18(16(2)3)9-7-10-19(29)33(39)46;1-6-24(45)41-15-22-33(46)40(5)32-31(42(22)14-17(41)4)19-12-20(35)25(26-21(36)8-7-9-23(26)44)27(37)30(19)43(34(32)47)29-18(13-38)10-11-39-28(29)16(2)3/h8-15,18-19,25,45H,1,16-17H2,2-7H3;6-13,16-17,23,44H,1,14-15H2,2-5H3,(H2,39,46);6-12,16-17,22,44H,1,14-15H2,2-5H3. The fraction of sp³-hybridized carbons (Fsp3) is 0.276. The zero-order valence-corrected chi connectivity index (χ0v) is 80.7. The van der Waals surface area contributed by atoms with Crippen LogP contribution >= 0.6 is 11.6 Å². The van der Waals surface area contributed by atoms with Gasteiger partial charge in [0.25, 0.3) is 40.3 Å². The molecule has 6 aliphatic heterocycles. The molecule has 7 amide bonds. The maximum Gasteiger partial charge on any atom is 0.281 e. The first-order valence-electron chi connectivity index (χ1n) is 45.6. The summed E-state index contributed by atoms with van der Waals surface area (Å²) in [6.07, 6.45) is 4.85. The summed E-state index contributed by atoms with van der Waals surface area (Å²) in [4.78, 5) is 156. The number of aromatic hydroxyl groups is 3. The molecular weight excluding hydrogens is 1880 g/mol. The van der Waals surface area contributed by atoms with Gasteiger partial charge in [0.1, 0.15) is 87.6 Å². The van der Waals surface area contributed by atoms with Crippen LogP contribution < -0.4 is 56.7 Å². The maximum atomic E-state index is 17.4. The number of rotatable bonds is 14. The summed E-state index contributed by atoms with van der Waals surface area (Å²) in [7, 11) is 7.70. The predicted octanol–water partition coefficient (Wildman–Crippen LogP) is 15.4. The third-order valence-corrected chi connectivity index (χ3v) is 27.6. The fourth-order valence-corrected chi connectivity index (χ4v) is 20.9. The van der Waals surface area contributed by atoms with Crippen molar-refractivity contribution >= 4 is 125 Å². The molecule has 3 saturated heterocycles. The summed E-state index contributed by atoms with van der Waals surface area (Å²) >= 11 is 6.73. The van der Waals surface area contributed by atoms with Crippen molar-refractivity contribution in [3.8, 4) is 73.8 Å². The van der Waals surface area contributed by atoms with Crippen molar-refractivity contribution in [3.05, 3.63) is 270 Å². The van der Waals surface area contributed by atoms with Crippen LogP contribution in [-0.2, 0) is 28.8 Å². The van der Waals surface area contributed by atoms with Crippen molar-refractivity contribution < 1.29 is 84.0 Å². The number of halogens is 9.